The summed E-state index contributed by atoms with van der Waals surface area (Å²) in [7, 11) is 1.63. The normalized spacial score (nSPS) is 17.6. The van der Waals surface area contributed by atoms with Crippen LogP contribution in [0.2, 0.25) is 5.15 Å². The Hall–Kier alpha value is -1.89. The Labute approximate surface area is 152 Å². The van der Waals surface area contributed by atoms with E-state index < -0.39 is 0 Å². The highest BCUT2D eigenvalue weighted by Crippen LogP contribution is 2.32. The first-order valence-corrected chi connectivity index (χ1v) is 8.85. The lowest BCUT2D eigenvalue weighted by Gasteiger charge is -2.20. The number of rotatable bonds is 7. The van der Waals surface area contributed by atoms with Gasteiger partial charge in [0.2, 0.25) is 0 Å². The third kappa shape index (κ3) is 4.60. The Morgan fingerprint density at radius 3 is 2.80 bits per heavy atom. The first-order valence-electron chi connectivity index (χ1n) is 8.47. The first kappa shape index (κ1) is 17.9. The van der Waals surface area contributed by atoms with Crippen molar-refractivity contribution in [3.05, 3.63) is 35.5 Å². The minimum absolute atomic E-state index is 0.203. The quantitative estimate of drug-likeness (QED) is 0.763. The molecule has 7 heteroatoms. The van der Waals surface area contributed by atoms with E-state index in [9.17, 15) is 0 Å². The number of nitrogens with two attached hydrogens (primary N) is 1. The van der Waals surface area contributed by atoms with Crippen LogP contribution in [-0.4, -0.2) is 48.1 Å². The molecule has 2 N–H and O–H groups in total. The van der Waals surface area contributed by atoms with Gasteiger partial charge in [-0.2, -0.15) is 0 Å². The Bertz CT molecular complexity index is 696. The Kier molecular flexibility index (Phi) is 6.07. The highest BCUT2D eigenvalue weighted by Gasteiger charge is 2.19. The lowest BCUT2D eigenvalue weighted by molar-refractivity contribution is 0.221. The summed E-state index contributed by atoms with van der Waals surface area (Å²) in [6.45, 7) is 2.67. The van der Waals surface area contributed by atoms with Crippen molar-refractivity contribution in [2.24, 2.45) is 5.73 Å². The number of benzene rings is 1. The number of ether oxygens (including phenoxy) is 2. The summed E-state index contributed by atoms with van der Waals surface area (Å²) in [5.41, 5.74) is 7.68. The number of halogens is 1. The third-order valence-corrected chi connectivity index (χ3v) is 4.55. The second-order valence-corrected chi connectivity index (χ2v) is 6.44. The predicted molar refractivity (Wildman–Crippen MR) is 97.9 cm³/mol. The molecule has 0 amide bonds. The van der Waals surface area contributed by atoms with E-state index in [0.29, 0.717) is 17.5 Å². The summed E-state index contributed by atoms with van der Waals surface area (Å²) in [6, 6.07) is 9.26. The molecule has 0 aliphatic carbocycles. The molecule has 3 rings (SSSR count). The van der Waals surface area contributed by atoms with E-state index in [1.165, 1.54) is 6.42 Å². The van der Waals surface area contributed by atoms with Gasteiger partial charge in [0.15, 0.2) is 16.7 Å². The summed E-state index contributed by atoms with van der Waals surface area (Å²) in [4.78, 5) is 2.31. The molecule has 1 atom stereocenters. The van der Waals surface area contributed by atoms with Gasteiger partial charge in [0.25, 0.3) is 0 Å². The van der Waals surface area contributed by atoms with Crippen LogP contribution in [0.3, 0.4) is 0 Å². The summed E-state index contributed by atoms with van der Waals surface area (Å²) in [6.07, 6.45) is 3.41. The van der Waals surface area contributed by atoms with Crippen LogP contribution in [0.25, 0.3) is 11.3 Å². The van der Waals surface area contributed by atoms with E-state index >= 15 is 0 Å². The minimum Gasteiger partial charge on any atom is -0.493 e. The Morgan fingerprint density at radius 2 is 2.12 bits per heavy atom. The standard InChI is InChI=1S/C18H23ClN4O2/c1-24-16-12-13(14-6-8-17(19)22-21-14)5-7-15(16)25-11-3-10-23-9-2-4-18(23)20/h5-8,12,18H,2-4,9-11,20H2,1H3/t18-/m0/s1. The van der Waals surface area contributed by atoms with E-state index in [4.69, 9.17) is 26.8 Å². The van der Waals surface area contributed by atoms with Crippen molar-refractivity contribution in [2.45, 2.75) is 25.4 Å². The van der Waals surface area contributed by atoms with Gasteiger partial charge in [0, 0.05) is 12.1 Å². The van der Waals surface area contributed by atoms with E-state index in [1.54, 1.807) is 13.2 Å². The maximum atomic E-state index is 6.05. The van der Waals surface area contributed by atoms with Crippen LogP contribution < -0.4 is 15.2 Å². The molecular formula is C18H23ClN4O2. The van der Waals surface area contributed by atoms with Crippen molar-refractivity contribution in [3.8, 4) is 22.8 Å². The largest absolute Gasteiger partial charge is 0.493 e. The van der Waals surface area contributed by atoms with Crippen LogP contribution in [0, 0.1) is 0 Å². The summed E-state index contributed by atoms with van der Waals surface area (Å²) >= 11 is 5.78. The molecule has 2 heterocycles. The molecule has 134 valence electrons. The van der Waals surface area contributed by atoms with Crippen LogP contribution >= 0.6 is 11.6 Å². The smallest absolute Gasteiger partial charge is 0.161 e. The van der Waals surface area contributed by atoms with Crippen LogP contribution in [-0.2, 0) is 0 Å². The van der Waals surface area contributed by atoms with Crippen molar-refractivity contribution >= 4 is 11.6 Å². The number of nitrogens with zero attached hydrogens (tertiary/aromatic N) is 3. The molecule has 0 spiro atoms. The van der Waals surface area contributed by atoms with Gasteiger partial charge in [0.1, 0.15) is 0 Å². The van der Waals surface area contributed by atoms with E-state index in [0.717, 1.165) is 42.9 Å². The molecule has 0 unspecified atom stereocenters. The van der Waals surface area contributed by atoms with Gasteiger partial charge in [-0.3, -0.25) is 4.90 Å². The molecule has 1 aliphatic rings. The van der Waals surface area contributed by atoms with Gasteiger partial charge in [-0.05, 0) is 56.1 Å². The number of methoxy groups -OCH3 is 1. The number of aromatic nitrogens is 2. The second-order valence-electron chi connectivity index (χ2n) is 6.05. The Balaban J connectivity index is 1.59. The summed E-state index contributed by atoms with van der Waals surface area (Å²) in [5.74, 6) is 1.39. The molecule has 1 fully saturated rings. The topological polar surface area (TPSA) is 73.5 Å². The van der Waals surface area contributed by atoms with Crippen molar-refractivity contribution in [2.75, 3.05) is 26.8 Å². The molecule has 0 saturated carbocycles. The fourth-order valence-electron chi connectivity index (χ4n) is 3.00. The average Bonchev–Trinajstić information content (AvgIpc) is 3.04. The molecule has 6 nitrogen and oxygen atoms in total. The monoisotopic (exact) mass is 362 g/mol. The summed E-state index contributed by atoms with van der Waals surface area (Å²) in [5, 5.41) is 8.32. The summed E-state index contributed by atoms with van der Waals surface area (Å²) < 4.78 is 11.3. The fraction of sp³-hybridized carbons (Fsp3) is 0.444. The molecule has 25 heavy (non-hydrogen) atoms. The first-order chi connectivity index (χ1) is 12.2. The highest BCUT2D eigenvalue weighted by atomic mass is 35.5. The maximum Gasteiger partial charge on any atom is 0.161 e. The Morgan fingerprint density at radius 1 is 1.24 bits per heavy atom. The van der Waals surface area contributed by atoms with Gasteiger partial charge in [-0.25, -0.2) is 0 Å². The maximum absolute atomic E-state index is 6.05. The fourth-order valence-corrected chi connectivity index (χ4v) is 3.10. The third-order valence-electron chi connectivity index (χ3n) is 4.35. The molecule has 1 saturated heterocycles. The lowest BCUT2D eigenvalue weighted by Crippen LogP contribution is -2.37. The highest BCUT2D eigenvalue weighted by molar-refractivity contribution is 6.29. The van der Waals surface area contributed by atoms with Gasteiger partial charge < -0.3 is 15.2 Å². The number of likely N-dealkylation sites (tertiary alicyclic amines) is 1. The molecule has 0 bridgehead atoms. The van der Waals surface area contributed by atoms with E-state index in [2.05, 4.69) is 15.1 Å². The van der Waals surface area contributed by atoms with Crippen LogP contribution in [0.15, 0.2) is 30.3 Å². The SMILES string of the molecule is COc1cc(-c2ccc(Cl)nn2)ccc1OCCCN1CCC[C@H]1N. The molecule has 1 aromatic heterocycles. The van der Waals surface area contributed by atoms with Crippen molar-refractivity contribution < 1.29 is 9.47 Å². The lowest BCUT2D eigenvalue weighted by atomic mass is 10.1. The molecule has 1 aromatic carbocycles. The van der Waals surface area contributed by atoms with E-state index in [-0.39, 0.29) is 6.17 Å². The zero-order valence-electron chi connectivity index (χ0n) is 14.3. The van der Waals surface area contributed by atoms with Gasteiger partial charge in [-0.1, -0.05) is 11.6 Å². The number of hydrogen-bond acceptors (Lipinski definition) is 6. The average molecular weight is 363 g/mol. The van der Waals surface area contributed by atoms with Gasteiger partial charge >= 0.3 is 0 Å². The minimum atomic E-state index is 0.203. The molecule has 2 aromatic rings. The molecule has 0 radical (unpaired) electrons. The van der Waals surface area contributed by atoms with E-state index in [1.807, 2.05) is 24.3 Å². The zero-order valence-corrected chi connectivity index (χ0v) is 15.1. The molecular weight excluding hydrogens is 340 g/mol. The van der Waals surface area contributed by atoms with Crippen LogP contribution in [0.4, 0.5) is 0 Å². The molecule has 1 aliphatic heterocycles. The van der Waals surface area contributed by atoms with Crippen LogP contribution in [0.5, 0.6) is 11.5 Å². The van der Waals surface area contributed by atoms with Crippen molar-refractivity contribution in [1.82, 2.24) is 15.1 Å². The van der Waals surface area contributed by atoms with Crippen molar-refractivity contribution in [1.29, 1.82) is 0 Å². The zero-order chi connectivity index (χ0) is 17.6. The second kappa shape index (κ2) is 8.47. The number of hydrogen-bond donors (Lipinski definition) is 1. The van der Waals surface area contributed by atoms with Crippen LogP contribution in [0.1, 0.15) is 19.3 Å². The van der Waals surface area contributed by atoms with Gasteiger partial charge in [0.05, 0.1) is 25.6 Å². The van der Waals surface area contributed by atoms with Gasteiger partial charge in [-0.15, -0.1) is 10.2 Å². The van der Waals surface area contributed by atoms with Crippen molar-refractivity contribution in [3.63, 3.8) is 0 Å². The predicted octanol–water partition coefficient (Wildman–Crippen LogP) is 2.96.